The number of benzene rings is 1. The number of nitrogens with zero attached hydrogens (tertiary/aromatic N) is 4. The van der Waals surface area contributed by atoms with Crippen molar-refractivity contribution in [2.24, 2.45) is 0 Å². The van der Waals surface area contributed by atoms with Gasteiger partial charge in [-0.3, -0.25) is 9.78 Å². The zero-order valence-corrected chi connectivity index (χ0v) is 14.7. The van der Waals surface area contributed by atoms with Crippen LogP contribution in [0.1, 0.15) is 0 Å². The Morgan fingerprint density at radius 3 is 2.44 bits per heavy atom. The first-order chi connectivity index (χ1) is 13.2. The summed E-state index contributed by atoms with van der Waals surface area (Å²) in [7, 11) is 0. The van der Waals surface area contributed by atoms with Crippen LogP contribution in [0.15, 0.2) is 55.1 Å². The van der Waals surface area contributed by atoms with Gasteiger partial charge < -0.3 is 14.2 Å². The second-order valence-corrected chi connectivity index (χ2v) is 6.31. The lowest BCUT2D eigenvalue weighted by Gasteiger charge is -2.27. The minimum Gasteiger partial charge on any atom is -0.378 e. The van der Waals surface area contributed by atoms with Crippen LogP contribution >= 0.6 is 0 Å². The zero-order valence-electron chi connectivity index (χ0n) is 14.7. The van der Waals surface area contributed by atoms with Crippen molar-refractivity contribution in [3.8, 4) is 22.5 Å². The molecule has 3 aromatic rings. The van der Waals surface area contributed by atoms with Gasteiger partial charge in [0.15, 0.2) is 0 Å². The van der Waals surface area contributed by atoms with Gasteiger partial charge >= 0.3 is 0 Å². The normalized spacial score (nSPS) is 14.3. The van der Waals surface area contributed by atoms with E-state index in [0.717, 1.165) is 16.8 Å². The van der Waals surface area contributed by atoms with E-state index in [2.05, 4.69) is 9.97 Å². The number of halogens is 1. The van der Waals surface area contributed by atoms with Crippen molar-refractivity contribution in [2.75, 3.05) is 26.3 Å². The van der Waals surface area contributed by atoms with Gasteiger partial charge in [0, 0.05) is 36.6 Å². The van der Waals surface area contributed by atoms with E-state index in [0.29, 0.717) is 32.0 Å². The molecule has 0 N–H and O–H groups in total. The molecule has 0 radical (unpaired) electrons. The molecule has 27 heavy (non-hydrogen) atoms. The van der Waals surface area contributed by atoms with E-state index in [1.54, 1.807) is 35.8 Å². The number of hydrogen-bond acceptors (Lipinski definition) is 4. The highest BCUT2D eigenvalue weighted by Crippen LogP contribution is 2.31. The lowest BCUT2D eigenvalue weighted by atomic mass is 10.1. The number of hydrogen-bond donors (Lipinski definition) is 0. The monoisotopic (exact) mass is 366 g/mol. The maximum absolute atomic E-state index is 13.3. The summed E-state index contributed by atoms with van der Waals surface area (Å²) in [5, 5.41) is 0. The highest BCUT2D eigenvalue weighted by molar-refractivity contribution is 5.81. The van der Waals surface area contributed by atoms with Gasteiger partial charge in [-0.15, -0.1) is 0 Å². The van der Waals surface area contributed by atoms with E-state index in [1.807, 2.05) is 16.7 Å². The fourth-order valence-corrected chi connectivity index (χ4v) is 3.19. The number of morpholine rings is 1. The first kappa shape index (κ1) is 17.4. The van der Waals surface area contributed by atoms with Gasteiger partial charge in [0.1, 0.15) is 12.4 Å². The van der Waals surface area contributed by atoms with E-state index in [-0.39, 0.29) is 18.3 Å². The van der Waals surface area contributed by atoms with E-state index in [1.165, 1.54) is 12.1 Å². The molecule has 1 amide bonds. The van der Waals surface area contributed by atoms with Crippen molar-refractivity contribution in [2.45, 2.75) is 6.54 Å². The summed E-state index contributed by atoms with van der Waals surface area (Å²) in [6.45, 7) is 2.51. The Morgan fingerprint density at radius 2 is 1.74 bits per heavy atom. The highest BCUT2D eigenvalue weighted by Gasteiger charge is 2.21. The number of rotatable bonds is 4. The Morgan fingerprint density at radius 1 is 1.04 bits per heavy atom. The van der Waals surface area contributed by atoms with E-state index in [4.69, 9.17) is 4.74 Å². The minimum absolute atomic E-state index is 0.0247. The van der Waals surface area contributed by atoms with Crippen LogP contribution in [0.3, 0.4) is 0 Å². The van der Waals surface area contributed by atoms with Gasteiger partial charge in [-0.1, -0.05) is 0 Å². The van der Waals surface area contributed by atoms with Crippen LogP contribution in [0.25, 0.3) is 22.5 Å². The molecule has 3 heterocycles. The van der Waals surface area contributed by atoms with Crippen molar-refractivity contribution in [1.82, 2.24) is 19.4 Å². The first-order valence-corrected chi connectivity index (χ1v) is 8.79. The first-order valence-electron chi connectivity index (χ1n) is 8.79. The predicted octanol–water partition coefficient (Wildman–Crippen LogP) is 2.61. The van der Waals surface area contributed by atoms with E-state index >= 15 is 0 Å². The molecule has 0 saturated carbocycles. The third-order valence-electron chi connectivity index (χ3n) is 4.58. The molecule has 1 aromatic carbocycles. The summed E-state index contributed by atoms with van der Waals surface area (Å²) >= 11 is 0. The smallest absolute Gasteiger partial charge is 0.242 e. The maximum Gasteiger partial charge on any atom is 0.242 e. The maximum atomic E-state index is 13.3. The second-order valence-electron chi connectivity index (χ2n) is 6.31. The number of imidazole rings is 1. The molecule has 0 bridgehead atoms. The van der Waals surface area contributed by atoms with Gasteiger partial charge in [-0.2, -0.15) is 0 Å². The number of aromatic nitrogens is 3. The fraction of sp³-hybridized carbons (Fsp3) is 0.250. The molecule has 0 aliphatic carbocycles. The number of amides is 1. The van der Waals surface area contributed by atoms with Crippen LogP contribution in [0.2, 0.25) is 0 Å². The predicted molar refractivity (Wildman–Crippen MR) is 98.3 cm³/mol. The Balaban J connectivity index is 1.71. The fourth-order valence-electron chi connectivity index (χ4n) is 3.19. The zero-order chi connectivity index (χ0) is 18.6. The van der Waals surface area contributed by atoms with E-state index in [9.17, 15) is 9.18 Å². The summed E-state index contributed by atoms with van der Waals surface area (Å²) in [6.07, 6.45) is 5.06. The molecule has 0 atom stereocenters. The molecule has 0 unspecified atom stereocenters. The minimum atomic E-state index is -0.300. The second kappa shape index (κ2) is 7.67. The molecule has 1 aliphatic rings. The largest absolute Gasteiger partial charge is 0.378 e. The van der Waals surface area contributed by atoms with Gasteiger partial charge in [0.2, 0.25) is 5.91 Å². The van der Waals surface area contributed by atoms with Gasteiger partial charge in [0.25, 0.3) is 0 Å². The van der Waals surface area contributed by atoms with Crippen molar-refractivity contribution in [3.63, 3.8) is 0 Å². The van der Waals surface area contributed by atoms with Gasteiger partial charge in [0.05, 0.1) is 30.9 Å². The Hall–Kier alpha value is -3.06. The summed E-state index contributed by atoms with van der Waals surface area (Å²) in [6, 6.07) is 9.94. The van der Waals surface area contributed by atoms with Gasteiger partial charge in [-0.25, -0.2) is 9.37 Å². The quantitative estimate of drug-likeness (QED) is 0.712. The number of pyridine rings is 1. The summed E-state index contributed by atoms with van der Waals surface area (Å²) in [5.74, 6) is -0.275. The molecular formula is C20H19FN4O2. The third-order valence-corrected chi connectivity index (χ3v) is 4.58. The van der Waals surface area contributed by atoms with Crippen LogP contribution in [-0.4, -0.2) is 51.6 Å². The summed E-state index contributed by atoms with van der Waals surface area (Å²) in [4.78, 5) is 23.1. The van der Waals surface area contributed by atoms with Crippen molar-refractivity contribution in [3.05, 3.63) is 60.9 Å². The number of carbonyl (C=O) groups is 1. The standard InChI is InChI=1S/C20H19FN4O2/c21-17-3-1-15(2-4-17)19-20(16-5-7-22-8-6-16)25(14-23-19)13-18(26)24-9-11-27-12-10-24/h1-8,14H,9-13H2. The van der Waals surface area contributed by atoms with Crippen molar-refractivity contribution < 1.29 is 13.9 Å². The average molecular weight is 366 g/mol. The number of carbonyl (C=O) groups excluding carboxylic acids is 1. The molecule has 1 fully saturated rings. The SMILES string of the molecule is O=C(Cn1cnc(-c2ccc(F)cc2)c1-c1ccncc1)N1CCOCC1. The van der Waals surface area contributed by atoms with Crippen LogP contribution in [-0.2, 0) is 16.1 Å². The van der Waals surface area contributed by atoms with Crippen LogP contribution in [0.4, 0.5) is 4.39 Å². The Kier molecular flexibility index (Phi) is 4.93. The molecule has 1 aliphatic heterocycles. The average Bonchev–Trinajstić information content (AvgIpc) is 3.13. The molecule has 138 valence electrons. The van der Waals surface area contributed by atoms with E-state index < -0.39 is 0 Å². The molecule has 6 nitrogen and oxygen atoms in total. The molecule has 4 rings (SSSR count). The van der Waals surface area contributed by atoms with Crippen LogP contribution in [0, 0.1) is 5.82 Å². The summed E-state index contributed by atoms with van der Waals surface area (Å²) in [5.41, 5.74) is 3.21. The Bertz CT molecular complexity index is 919. The molecular weight excluding hydrogens is 347 g/mol. The summed E-state index contributed by atoms with van der Waals surface area (Å²) < 4.78 is 20.5. The van der Waals surface area contributed by atoms with Crippen LogP contribution in [0.5, 0.6) is 0 Å². The third kappa shape index (κ3) is 3.73. The highest BCUT2D eigenvalue weighted by atomic mass is 19.1. The lowest BCUT2D eigenvalue weighted by Crippen LogP contribution is -2.42. The van der Waals surface area contributed by atoms with Crippen molar-refractivity contribution >= 4 is 5.91 Å². The lowest BCUT2D eigenvalue weighted by molar-refractivity contribution is -0.135. The topological polar surface area (TPSA) is 60.2 Å². The molecule has 7 heteroatoms. The molecule has 2 aromatic heterocycles. The van der Waals surface area contributed by atoms with Crippen LogP contribution < -0.4 is 0 Å². The number of ether oxygens (including phenoxy) is 1. The Labute approximate surface area is 156 Å². The molecule has 1 saturated heterocycles. The molecule has 0 spiro atoms. The van der Waals surface area contributed by atoms with Crippen molar-refractivity contribution in [1.29, 1.82) is 0 Å². The van der Waals surface area contributed by atoms with Gasteiger partial charge in [-0.05, 0) is 36.4 Å².